The fourth-order valence-electron chi connectivity index (χ4n) is 2.61. The largest absolute Gasteiger partial charge is 0.478 e. The zero-order valence-corrected chi connectivity index (χ0v) is 13.3. The highest BCUT2D eigenvalue weighted by molar-refractivity contribution is 6.00. The summed E-state index contributed by atoms with van der Waals surface area (Å²) >= 11 is 0. The number of rotatable bonds is 4. The maximum Gasteiger partial charge on any atom is 0.337 e. The Balaban J connectivity index is 2.77. The zero-order chi connectivity index (χ0) is 16.3. The Morgan fingerprint density at radius 3 is 2.19 bits per heavy atom. The molecule has 0 saturated heterocycles. The van der Waals surface area contributed by atoms with E-state index in [1.54, 1.807) is 18.2 Å². The lowest BCUT2D eigenvalue weighted by molar-refractivity contribution is 0.0698. The van der Waals surface area contributed by atoms with Crippen molar-refractivity contribution in [2.75, 3.05) is 5.32 Å². The second-order valence-electron chi connectivity index (χ2n) is 7.05. The number of aromatic carboxylic acids is 1. The van der Waals surface area contributed by atoms with E-state index in [1.807, 2.05) is 13.8 Å². The van der Waals surface area contributed by atoms with Crippen LogP contribution in [-0.4, -0.2) is 22.6 Å². The third-order valence-corrected chi connectivity index (χ3v) is 2.83. The number of benzene rings is 1. The molecular weight excluding hydrogens is 268 g/mol. The fraction of sp³-hybridized carbons (Fsp3) is 0.500. The van der Waals surface area contributed by atoms with E-state index in [9.17, 15) is 9.59 Å². The molecule has 1 rings (SSSR count). The molecule has 0 radical (unpaired) electrons. The molecule has 1 aromatic rings. The third kappa shape index (κ3) is 5.85. The van der Waals surface area contributed by atoms with Crippen LogP contribution in [0.1, 0.15) is 51.4 Å². The van der Waals surface area contributed by atoms with Gasteiger partial charge >= 0.3 is 12.0 Å². The summed E-state index contributed by atoms with van der Waals surface area (Å²) < 4.78 is 0. The number of anilines is 1. The molecule has 0 aliphatic carbocycles. The van der Waals surface area contributed by atoms with E-state index in [0.29, 0.717) is 0 Å². The number of para-hydroxylation sites is 1. The molecule has 0 saturated carbocycles. The summed E-state index contributed by atoms with van der Waals surface area (Å²) in [7, 11) is 0. The normalized spacial score (nSPS) is 11.9. The van der Waals surface area contributed by atoms with Gasteiger partial charge in [0.05, 0.1) is 11.3 Å². The first kappa shape index (κ1) is 17.0. The minimum absolute atomic E-state index is 0.0706. The van der Waals surface area contributed by atoms with Crippen LogP contribution in [0.4, 0.5) is 10.5 Å². The Bertz CT molecular complexity index is 531. The fourth-order valence-corrected chi connectivity index (χ4v) is 2.61. The van der Waals surface area contributed by atoms with Gasteiger partial charge in [0.1, 0.15) is 0 Å². The van der Waals surface area contributed by atoms with Gasteiger partial charge in [0.15, 0.2) is 0 Å². The number of carboxylic acid groups (broad SMARTS) is 1. The Kier molecular flexibility index (Phi) is 4.99. The molecule has 0 atom stereocenters. The molecule has 1 aromatic carbocycles. The van der Waals surface area contributed by atoms with Crippen molar-refractivity contribution >= 4 is 17.7 Å². The van der Waals surface area contributed by atoms with Crippen LogP contribution in [0.25, 0.3) is 0 Å². The first-order valence-corrected chi connectivity index (χ1v) is 6.92. The molecular formula is C16H24N2O3. The quantitative estimate of drug-likeness (QED) is 0.791. The summed E-state index contributed by atoms with van der Waals surface area (Å²) in [6.45, 7) is 10.2. The van der Waals surface area contributed by atoms with Crippen molar-refractivity contribution in [3.05, 3.63) is 29.8 Å². The van der Waals surface area contributed by atoms with E-state index in [1.165, 1.54) is 6.07 Å². The van der Waals surface area contributed by atoms with Gasteiger partial charge in [-0.25, -0.2) is 9.59 Å². The molecule has 0 heterocycles. The molecule has 116 valence electrons. The number of carbonyl (C=O) groups is 2. The highest BCUT2D eigenvalue weighted by atomic mass is 16.4. The molecule has 2 amide bonds. The van der Waals surface area contributed by atoms with Crippen LogP contribution >= 0.6 is 0 Å². The topological polar surface area (TPSA) is 78.4 Å². The van der Waals surface area contributed by atoms with Crippen molar-refractivity contribution in [1.29, 1.82) is 0 Å². The predicted molar refractivity (Wildman–Crippen MR) is 83.7 cm³/mol. The van der Waals surface area contributed by atoms with Gasteiger partial charge in [0, 0.05) is 5.54 Å². The van der Waals surface area contributed by atoms with Gasteiger partial charge in [0.2, 0.25) is 0 Å². The Labute approximate surface area is 125 Å². The van der Waals surface area contributed by atoms with Crippen LogP contribution in [0.3, 0.4) is 0 Å². The first-order chi connectivity index (χ1) is 9.50. The number of urea groups is 1. The Morgan fingerprint density at radius 2 is 1.67 bits per heavy atom. The van der Waals surface area contributed by atoms with Gasteiger partial charge in [-0.2, -0.15) is 0 Å². The molecule has 0 fully saturated rings. The van der Waals surface area contributed by atoms with E-state index >= 15 is 0 Å². The number of carbonyl (C=O) groups excluding carboxylic acids is 1. The van der Waals surface area contributed by atoms with E-state index in [2.05, 4.69) is 31.4 Å². The summed E-state index contributed by atoms with van der Waals surface area (Å²) in [4.78, 5) is 23.2. The minimum atomic E-state index is -1.07. The molecule has 0 bridgehead atoms. The Hall–Kier alpha value is -2.04. The summed E-state index contributed by atoms with van der Waals surface area (Å²) in [5, 5.41) is 14.6. The van der Waals surface area contributed by atoms with Crippen LogP contribution in [0.2, 0.25) is 0 Å². The molecule has 0 aromatic heterocycles. The Morgan fingerprint density at radius 1 is 1.10 bits per heavy atom. The van der Waals surface area contributed by atoms with Gasteiger partial charge < -0.3 is 15.7 Å². The van der Waals surface area contributed by atoms with Crippen molar-refractivity contribution in [1.82, 2.24) is 5.32 Å². The second kappa shape index (κ2) is 6.16. The van der Waals surface area contributed by atoms with Crippen molar-refractivity contribution in [2.45, 2.75) is 46.6 Å². The maximum absolute atomic E-state index is 12.1. The maximum atomic E-state index is 12.1. The zero-order valence-electron chi connectivity index (χ0n) is 13.3. The molecule has 5 nitrogen and oxygen atoms in total. The summed E-state index contributed by atoms with van der Waals surface area (Å²) in [6, 6.07) is 5.93. The van der Waals surface area contributed by atoms with Gasteiger partial charge in [-0.1, -0.05) is 32.9 Å². The van der Waals surface area contributed by atoms with Gasteiger partial charge in [0.25, 0.3) is 0 Å². The minimum Gasteiger partial charge on any atom is -0.478 e. The highest BCUT2D eigenvalue weighted by Crippen LogP contribution is 2.27. The van der Waals surface area contributed by atoms with Crippen LogP contribution in [0.15, 0.2) is 24.3 Å². The number of hydrogen-bond acceptors (Lipinski definition) is 2. The monoisotopic (exact) mass is 292 g/mol. The van der Waals surface area contributed by atoms with E-state index in [0.717, 1.165) is 6.42 Å². The number of carboxylic acids is 1. The summed E-state index contributed by atoms with van der Waals surface area (Å²) in [6.07, 6.45) is 0.800. The van der Waals surface area contributed by atoms with Crippen LogP contribution in [0, 0.1) is 5.41 Å². The van der Waals surface area contributed by atoms with Gasteiger partial charge in [-0.05, 0) is 37.8 Å². The number of hydrogen-bond donors (Lipinski definition) is 3. The van der Waals surface area contributed by atoms with Crippen molar-refractivity contribution in [3.63, 3.8) is 0 Å². The van der Waals surface area contributed by atoms with Crippen LogP contribution in [0.5, 0.6) is 0 Å². The summed E-state index contributed by atoms with van der Waals surface area (Å²) in [5.74, 6) is -1.07. The molecule has 0 unspecified atom stereocenters. The second-order valence-corrected chi connectivity index (χ2v) is 7.05. The van der Waals surface area contributed by atoms with E-state index < -0.39 is 12.0 Å². The lowest BCUT2D eigenvalue weighted by atomic mass is 9.82. The third-order valence-electron chi connectivity index (χ3n) is 2.83. The predicted octanol–water partition coefficient (Wildman–Crippen LogP) is 3.72. The van der Waals surface area contributed by atoms with Crippen LogP contribution in [-0.2, 0) is 0 Å². The molecule has 3 N–H and O–H groups in total. The molecule has 0 aliphatic heterocycles. The lowest BCUT2D eigenvalue weighted by Gasteiger charge is -2.33. The first-order valence-electron chi connectivity index (χ1n) is 6.92. The SMILES string of the molecule is CC(C)(C)CC(C)(C)NC(=O)Nc1ccccc1C(=O)O. The molecule has 0 spiro atoms. The molecule has 21 heavy (non-hydrogen) atoms. The van der Waals surface area contributed by atoms with Gasteiger partial charge in [-0.15, -0.1) is 0 Å². The standard InChI is InChI=1S/C16H24N2O3/c1-15(2,3)10-16(4,5)18-14(21)17-12-9-7-6-8-11(12)13(19)20/h6-9H,10H2,1-5H3,(H,19,20)(H2,17,18,21). The molecule has 0 aliphatic rings. The smallest absolute Gasteiger partial charge is 0.337 e. The molecule has 5 heteroatoms. The van der Waals surface area contributed by atoms with Crippen molar-refractivity contribution < 1.29 is 14.7 Å². The summed E-state index contributed by atoms with van der Waals surface area (Å²) in [5.41, 5.74) is 0.0475. The average Bonchev–Trinajstić information content (AvgIpc) is 2.24. The number of nitrogens with one attached hydrogen (secondary N) is 2. The van der Waals surface area contributed by atoms with E-state index in [4.69, 9.17) is 5.11 Å². The van der Waals surface area contributed by atoms with Crippen molar-refractivity contribution in [2.24, 2.45) is 5.41 Å². The average molecular weight is 292 g/mol. The highest BCUT2D eigenvalue weighted by Gasteiger charge is 2.27. The van der Waals surface area contributed by atoms with E-state index in [-0.39, 0.29) is 22.2 Å². The lowest BCUT2D eigenvalue weighted by Crippen LogP contribution is -2.47. The van der Waals surface area contributed by atoms with Gasteiger partial charge in [-0.3, -0.25) is 0 Å². The number of amides is 2. The van der Waals surface area contributed by atoms with Crippen LogP contribution < -0.4 is 10.6 Å². The van der Waals surface area contributed by atoms with Crippen molar-refractivity contribution in [3.8, 4) is 0 Å².